The molecular formula is C16H16ClF2NO. The first-order valence-corrected chi connectivity index (χ1v) is 7.04. The Kier molecular flexibility index (Phi) is 5.53. The van der Waals surface area contributed by atoms with Crippen molar-refractivity contribution in [2.75, 3.05) is 6.54 Å². The van der Waals surface area contributed by atoms with Gasteiger partial charge in [-0.3, -0.25) is 0 Å². The van der Waals surface area contributed by atoms with E-state index in [-0.39, 0.29) is 17.4 Å². The fraction of sp³-hybridized carbons (Fsp3) is 0.250. The van der Waals surface area contributed by atoms with Gasteiger partial charge in [0.25, 0.3) is 0 Å². The van der Waals surface area contributed by atoms with E-state index in [1.807, 2.05) is 6.92 Å². The van der Waals surface area contributed by atoms with E-state index >= 15 is 0 Å². The van der Waals surface area contributed by atoms with Crippen molar-refractivity contribution in [3.63, 3.8) is 0 Å². The first kappa shape index (κ1) is 15.7. The first-order valence-electron chi connectivity index (χ1n) is 6.66. The average molecular weight is 312 g/mol. The van der Waals surface area contributed by atoms with Gasteiger partial charge in [0, 0.05) is 12.1 Å². The summed E-state index contributed by atoms with van der Waals surface area (Å²) in [6.07, 6.45) is 0. The molecule has 0 heterocycles. The third-order valence-corrected chi connectivity index (χ3v) is 3.27. The molecule has 2 rings (SSSR count). The van der Waals surface area contributed by atoms with E-state index in [0.717, 1.165) is 12.1 Å². The van der Waals surface area contributed by atoms with Gasteiger partial charge in [0.05, 0.1) is 5.02 Å². The van der Waals surface area contributed by atoms with Crippen LogP contribution in [0.4, 0.5) is 8.78 Å². The number of hydrogen-bond donors (Lipinski definition) is 1. The number of rotatable bonds is 6. The van der Waals surface area contributed by atoms with Crippen LogP contribution in [0.15, 0.2) is 36.4 Å². The molecule has 0 atom stereocenters. The summed E-state index contributed by atoms with van der Waals surface area (Å²) in [6.45, 7) is 3.45. The summed E-state index contributed by atoms with van der Waals surface area (Å²) in [6, 6.07) is 8.86. The molecule has 21 heavy (non-hydrogen) atoms. The van der Waals surface area contributed by atoms with E-state index < -0.39 is 5.82 Å². The standard InChI is InChI=1S/C16H16ClF2NO/c1-2-20-9-12-8-13(18)4-6-16(12)21-10-11-3-5-14(17)15(19)7-11/h3-8,20H,2,9-10H2,1H3. The molecule has 5 heteroatoms. The summed E-state index contributed by atoms with van der Waals surface area (Å²) in [5.74, 6) is -0.217. The minimum absolute atomic E-state index is 0.0772. The highest BCUT2D eigenvalue weighted by Gasteiger charge is 2.07. The Labute approximate surface area is 127 Å². The maximum absolute atomic E-state index is 13.4. The Morgan fingerprint density at radius 3 is 2.67 bits per heavy atom. The summed E-state index contributed by atoms with van der Waals surface area (Å²) >= 11 is 5.63. The summed E-state index contributed by atoms with van der Waals surface area (Å²) < 4.78 is 32.3. The Morgan fingerprint density at radius 2 is 1.95 bits per heavy atom. The molecule has 0 aliphatic heterocycles. The predicted molar refractivity (Wildman–Crippen MR) is 79.5 cm³/mol. The van der Waals surface area contributed by atoms with Crippen LogP contribution in [-0.4, -0.2) is 6.54 Å². The van der Waals surface area contributed by atoms with Crippen LogP contribution >= 0.6 is 11.6 Å². The van der Waals surface area contributed by atoms with E-state index in [9.17, 15) is 8.78 Å². The molecule has 1 N–H and O–H groups in total. The zero-order chi connectivity index (χ0) is 15.2. The van der Waals surface area contributed by atoms with Crippen molar-refractivity contribution in [1.29, 1.82) is 0 Å². The lowest BCUT2D eigenvalue weighted by molar-refractivity contribution is 0.301. The molecule has 2 nitrogen and oxygen atoms in total. The molecular weight excluding hydrogens is 296 g/mol. The van der Waals surface area contributed by atoms with Crippen molar-refractivity contribution >= 4 is 11.6 Å². The molecule has 0 saturated carbocycles. The van der Waals surface area contributed by atoms with Crippen LogP contribution in [0.25, 0.3) is 0 Å². The van der Waals surface area contributed by atoms with Gasteiger partial charge in [-0.2, -0.15) is 0 Å². The van der Waals surface area contributed by atoms with Gasteiger partial charge in [0.2, 0.25) is 0 Å². The van der Waals surface area contributed by atoms with Gasteiger partial charge in [-0.15, -0.1) is 0 Å². The monoisotopic (exact) mass is 311 g/mol. The van der Waals surface area contributed by atoms with Crippen LogP contribution in [0.2, 0.25) is 5.02 Å². The smallest absolute Gasteiger partial charge is 0.142 e. The van der Waals surface area contributed by atoms with Crippen molar-refractivity contribution in [2.24, 2.45) is 0 Å². The van der Waals surface area contributed by atoms with Gasteiger partial charge in [-0.05, 0) is 42.4 Å². The van der Waals surface area contributed by atoms with Crippen LogP contribution in [-0.2, 0) is 13.2 Å². The molecule has 0 bridgehead atoms. The zero-order valence-corrected chi connectivity index (χ0v) is 12.4. The summed E-state index contributed by atoms with van der Waals surface area (Å²) in [5, 5.41) is 3.20. The fourth-order valence-corrected chi connectivity index (χ4v) is 1.99. The summed E-state index contributed by atoms with van der Waals surface area (Å²) in [4.78, 5) is 0. The third-order valence-electron chi connectivity index (χ3n) is 2.97. The van der Waals surface area contributed by atoms with Gasteiger partial charge >= 0.3 is 0 Å². The number of benzene rings is 2. The second-order valence-corrected chi connectivity index (χ2v) is 4.98. The van der Waals surface area contributed by atoms with Crippen LogP contribution in [0.5, 0.6) is 5.75 Å². The quantitative estimate of drug-likeness (QED) is 0.858. The molecule has 2 aromatic rings. The minimum atomic E-state index is -0.482. The number of ether oxygens (including phenoxy) is 1. The maximum atomic E-state index is 13.4. The summed E-state index contributed by atoms with van der Waals surface area (Å²) in [7, 11) is 0. The SMILES string of the molecule is CCNCc1cc(F)ccc1OCc1ccc(Cl)c(F)c1. The van der Waals surface area contributed by atoms with Crippen LogP contribution < -0.4 is 10.1 Å². The van der Waals surface area contributed by atoms with Crippen molar-refractivity contribution in [3.8, 4) is 5.75 Å². The molecule has 0 saturated heterocycles. The van der Waals surface area contributed by atoms with Crippen LogP contribution in [0.3, 0.4) is 0 Å². The molecule has 0 spiro atoms. The molecule has 0 fully saturated rings. The Hall–Kier alpha value is -1.65. The van der Waals surface area contributed by atoms with Gasteiger partial charge in [-0.1, -0.05) is 24.6 Å². The van der Waals surface area contributed by atoms with Gasteiger partial charge < -0.3 is 10.1 Å². The van der Waals surface area contributed by atoms with Crippen molar-refractivity contribution in [1.82, 2.24) is 5.32 Å². The largest absolute Gasteiger partial charge is 0.489 e. The lowest BCUT2D eigenvalue weighted by Gasteiger charge is -2.12. The predicted octanol–water partition coefficient (Wildman–Crippen LogP) is 4.31. The maximum Gasteiger partial charge on any atom is 0.142 e. The first-order chi connectivity index (χ1) is 10.1. The molecule has 2 aromatic carbocycles. The normalized spacial score (nSPS) is 10.7. The average Bonchev–Trinajstić information content (AvgIpc) is 2.47. The van der Waals surface area contributed by atoms with Gasteiger partial charge in [-0.25, -0.2) is 8.78 Å². The molecule has 0 aliphatic carbocycles. The van der Waals surface area contributed by atoms with E-state index in [0.29, 0.717) is 17.9 Å². The third kappa shape index (κ3) is 4.41. The van der Waals surface area contributed by atoms with Crippen molar-refractivity contribution in [2.45, 2.75) is 20.1 Å². The second kappa shape index (κ2) is 7.38. The fourth-order valence-electron chi connectivity index (χ4n) is 1.88. The van der Waals surface area contributed by atoms with Gasteiger partial charge in [0.1, 0.15) is 24.0 Å². The Balaban J connectivity index is 2.09. The van der Waals surface area contributed by atoms with Crippen molar-refractivity contribution in [3.05, 3.63) is 64.2 Å². The highest BCUT2D eigenvalue weighted by atomic mass is 35.5. The lowest BCUT2D eigenvalue weighted by atomic mass is 10.2. The number of hydrogen-bond acceptors (Lipinski definition) is 2. The van der Waals surface area contributed by atoms with Crippen LogP contribution in [0, 0.1) is 11.6 Å². The number of nitrogens with one attached hydrogen (secondary N) is 1. The van der Waals surface area contributed by atoms with E-state index in [1.54, 1.807) is 12.1 Å². The number of halogens is 3. The van der Waals surface area contributed by atoms with E-state index in [4.69, 9.17) is 16.3 Å². The Bertz CT molecular complexity index is 619. The Morgan fingerprint density at radius 1 is 1.14 bits per heavy atom. The minimum Gasteiger partial charge on any atom is -0.489 e. The molecule has 0 aliphatic rings. The topological polar surface area (TPSA) is 21.3 Å². The van der Waals surface area contributed by atoms with E-state index in [1.165, 1.54) is 24.3 Å². The summed E-state index contributed by atoms with van der Waals surface area (Å²) in [5.41, 5.74) is 1.39. The highest BCUT2D eigenvalue weighted by molar-refractivity contribution is 6.30. The lowest BCUT2D eigenvalue weighted by Crippen LogP contribution is -2.13. The highest BCUT2D eigenvalue weighted by Crippen LogP contribution is 2.22. The molecule has 0 unspecified atom stereocenters. The van der Waals surface area contributed by atoms with E-state index in [2.05, 4.69) is 5.32 Å². The molecule has 0 aromatic heterocycles. The molecule has 0 amide bonds. The second-order valence-electron chi connectivity index (χ2n) is 4.57. The van der Waals surface area contributed by atoms with Gasteiger partial charge in [0.15, 0.2) is 0 Å². The molecule has 112 valence electrons. The zero-order valence-electron chi connectivity index (χ0n) is 11.6. The van der Waals surface area contributed by atoms with Crippen molar-refractivity contribution < 1.29 is 13.5 Å². The molecule has 0 radical (unpaired) electrons. The van der Waals surface area contributed by atoms with Crippen LogP contribution in [0.1, 0.15) is 18.1 Å².